The summed E-state index contributed by atoms with van der Waals surface area (Å²) >= 11 is 0. The van der Waals surface area contributed by atoms with Crippen LogP contribution in [0, 0.1) is 5.92 Å². The van der Waals surface area contributed by atoms with Crippen molar-refractivity contribution in [1.29, 1.82) is 0 Å². The molecule has 2 amide bonds. The van der Waals surface area contributed by atoms with E-state index >= 15 is 0 Å². The van der Waals surface area contributed by atoms with Gasteiger partial charge in [-0.2, -0.15) is 0 Å². The summed E-state index contributed by atoms with van der Waals surface area (Å²) < 4.78 is 0. The molecule has 2 atom stereocenters. The Kier molecular flexibility index (Phi) is 4.96. The average Bonchev–Trinajstić information content (AvgIpc) is 3.37. The molecule has 0 aromatic heterocycles. The molecule has 2 aliphatic rings. The maximum atomic E-state index is 12.2. The van der Waals surface area contributed by atoms with E-state index in [2.05, 4.69) is 10.6 Å². The van der Waals surface area contributed by atoms with Crippen LogP contribution in [0.2, 0.25) is 0 Å². The molecule has 3 N–H and O–H groups in total. The van der Waals surface area contributed by atoms with Gasteiger partial charge in [-0.3, -0.25) is 9.59 Å². The second-order valence-corrected chi connectivity index (χ2v) is 6.72. The van der Waals surface area contributed by atoms with Gasteiger partial charge in [0, 0.05) is 23.7 Å². The second kappa shape index (κ2) is 7.13. The van der Waals surface area contributed by atoms with E-state index in [-0.39, 0.29) is 17.9 Å². The van der Waals surface area contributed by atoms with Crippen LogP contribution in [0.1, 0.15) is 59.2 Å². The maximum absolute atomic E-state index is 12.2. The van der Waals surface area contributed by atoms with Gasteiger partial charge in [0.2, 0.25) is 0 Å². The molecule has 0 spiro atoms. The van der Waals surface area contributed by atoms with E-state index in [0.29, 0.717) is 29.6 Å². The van der Waals surface area contributed by atoms with Crippen molar-refractivity contribution in [3.63, 3.8) is 0 Å². The van der Waals surface area contributed by atoms with Crippen molar-refractivity contribution >= 4 is 11.8 Å². The molecule has 0 aliphatic heterocycles. The molecular formula is C18H24N2O3. The molecule has 0 saturated heterocycles. The van der Waals surface area contributed by atoms with Gasteiger partial charge in [-0.15, -0.1) is 0 Å². The van der Waals surface area contributed by atoms with E-state index in [1.165, 1.54) is 0 Å². The summed E-state index contributed by atoms with van der Waals surface area (Å²) in [5.41, 5.74) is 1.15. The average molecular weight is 316 g/mol. The summed E-state index contributed by atoms with van der Waals surface area (Å²) in [6.45, 7) is 0.597. The summed E-state index contributed by atoms with van der Waals surface area (Å²) in [6.07, 6.45) is 5.60. The molecule has 3 rings (SSSR count). The molecule has 0 bridgehead atoms. The van der Waals surface area contributed by atoms with Gasteiger partial charge in [-0.25, -0.2) is 0 Å². The number of hydrogen-bond acceptors (Lipinski definition) is 3. The first-order valence-electron chi connectivity index (χ1n) is 8.49. The van der Waals surface area contributed by atoms with Crippen LogP contribution < -0.4 is 10.6 Å². The molecule has 1 aromatic rings. The first kappa shape index (κ1) is 16.0. The largest absolute Gasteiger partial charge is 0.393 e. The molecule has 2 unspecified atom stereocenters. The van der Waals surface area contributed by atoms with Crippen molar-refractivity contribution in [2.75, 3.05) is 6.54 Å². The van der Waals surface area contributed by atoms with E-state index in [4.69, 9.17) is 0 Å². The number of hydrogen-bond donors (Lipinski definition) is 3. The van der Waals surface area contributed by atoms with Gasteiger partial charge in [0.15, 0.2) is 0 Å². The molecule has 23 heavy (non-hydrogen) atoms. The normalized spacial score (nSPS) is 24.0. The highest BCUT2D eigenvalue weighted by atomic mass is 16.3. The van der Waals surface area contributed by atoms with Gasteiger partial charge in [0.25, 0.3) is 11.8 Å². The summed E-state index contributed by atoms with van der Waals surface area (Å²) in [5.74, 6) is 0.154. The Bertz CT molecular complexity index is 566. The van der Waals surface area contributed by atoms with Crippen LogP contribution in [-0.4, -0.2) is 35.6 Å². The molecule has 2 saturated carbocycles. The molecule has 0 heterocycles. The van der Waals surface area contributed by atoms with Crippen molar-refractivity contribution in [2.24, 2.45) is 5.92 Å². The quantitative estimate of drug-likeness (QED) is 0.776. The predicted octanol–water partition coefficient (Wildman–Crippen LogP) is 1.86. The van der Waals surface area contributed by atoms with Crippen molar-refractivity contribution in [3.05, 3.63) is 35.4 Å². The highest BCUT2D eigenvalue weighted by molar-refractivity contribution is 5.98. The minimum Gasteiger partial charge on any atom is -0.393 e. The zero-order chi connectivity index (χ0) is 16.2. The van der Waals surface area contributed by atoms with Crippen LogP contribution in [0.25, 0.3) is 0 Å². The topological polar surface area (TPSA) is 78.4 Å². The van der Waals surface area contributed by atoms with Crippen molar-refractivity contribution in [1.82, 2.24) is 10.6 Å². The summed E-state index contributed by atoms with van der Waals surface area (Å²) in [4.78, 5) is 24.1. The monoisotopic (exact) mass is 316 g/mol. The first-order valence-corrected chi connectivity index (χ1v) is 8.49. The van der Waals surface area contributed by atoms with E-state index in [1.54, 1.807) is 24.3 Å². The fourth-order valence-electron chi connectivity index (χ4n) is 3.06. The van der Waals surface area contributed by atoms with Crippen LogP contribution in [0.15, 0.2) is 24.3 Å². The van der Waals surface area contributed by atoms with E-state index in [1.807, 2.05) is 0 Å². The Morgan fingerprint density at radius 3 is 2.26 bits per heavy atom. The zero-order valence-electron chi connectivity index (χ0n) is 13.3. The Labute approximate surface area is 136 Å². The standard InChI is InChI=1S/C18H24N2O3/c21-16-3-1-2-12(10-16)11-19-17(22)13-4-6-14(7-5-13)18(23)20-15-8-9-15/h4-7,12,15-16,21H,1-3,8-11H2,(H,19,22)(H,20,23). The minimum absolute atomic E-state index is 0.0735. The lowest BCUT2D eigenvalue weighted by molar-refractivity contribution is 0.0873. The Morgan fingerprint density at radius 2 is 1.65 bits per heavy atom. The molecule has 1 aromatic carbocycles. The minimum atomic E-state index is -0.227. The first-order chi connectivity index (χ1) is 11.1. The van der Waals surface area contributed by atoms with Crippen molar-refractivity contribution in [2.45, 2.75) is 50.7 Å². The number of nitrogens with one attached hydrogen (secondary N) is 2. The van der Waals surface area contributed by atoms with E-state index < -0.39 is 0 Å². The summed E-state index contributed by atoms with van der Waals surface area (Å²) in [7, 11) is 0. The molecule has 0 radical (unpaired) electrons. The Morgan fingerprint density at radius 1 is 1.00 bits per heavy atom. The number of carbonyl (C=O) groups excluding carboxylic acids is 2. The van der Waals surface area contributed by atoms with Crippen LogP contribution >= 0.6 is 0 Å². The number of rotatable bonds is 5. The molecule has 2 fully saturated rings. The van der Waals surface area contributed by atoms with E-state index in [9.17, 15) is 14.7 Å². The predicted molar refractivity (Wildman–Crippen MR) is 87.2 cm³/mol. The Balaban J connectivity index is 1.49. The summed E-state index contributed by atoms with van der Waals surface area (Å²) in [6, 6.07) is 7.09. The van der Waals surface area contributed by atoms with Crippen molar-refractivity contribution in [3.8, 4) is 0 Å². The number of aliphatic hydroxyl groups is 1. The third-order valence-electron chi connectivity index (χ3n) is 4.63. The number of benzene rings is 1. The molecular weight excluding hydrogens is 292 g/mol. The smallest absolute Gasteiger partial charge is 0.251 e. The van der Waals surface area contributed by atoms with Gasteiger partial charge in [0.1, 0.15) is 0 Å². The fraction of sp³-hybridized carbons (Fsp3) is 0.556. The van der Waals surface area contributed by atoms with Gasteiger partial charge in [-0.1, -0.05) is 6.42 Å². The van der Waals surface area contributed by atoms with Gasteiger partial charge >= 0.3 is 0 Å². The maximum Gasteiger partial charge on any atom is 0.251 e. The number of aliphatic hydroxyl groups excluding tert-OH is 1. The lowest BCUT2D eigenvalue weighted by Crippen LogP contribution is -2.33. The van der Waals surface area contributed by atoms with Crippen LogP contribution in [0.3, 0.4) is 0 Å². The van der Waals surface area contributed by atoms with Gasteiger partial charge < -0.3 is 15.7 Å². The fourth-order valence-corrected chi connectivity index (χ4v) is 3.06. The number of amides is 2. The van der Waals surface area contributed by atoms with Crippen molar-refractivity contribution < 1.29 is 14.7 Å². The van der Waals surface area contributed by atoms with E-state index in [0.717, 1.165) is 38.5 Å². The van der Waals surface area contributed by atoms with Crippen LogP contribution in [0.4, 0.5) is 0 Å². The number of carbonyl (C=O) groups is 2. The third-order valence-corrected chi connectivity index (χ3v) is 4.63. The molecule has 2 aliphatic carbocycles. The second-order valence-electron chi connectivity index (χ2n) is 6.72. The highest BCUT2D eigenvalue weighted by Gasteiger charge is 2.24. The highest BCUT2D eigenvalue weighted by Crippen LogP contribution is 2.23. The van der Waals surface area contributed by atoms with Crippen LogP contribution in [-0.2, 0) is 0 Å². The molecule has 124 valence electrons. The van der Waals surface area contributed by atoms with Gasteiger partial charge in [0.05, 0.1) is 6.10 Å². The summed E-state index contributed by atoms with van der Waals surface area (Å²) in [5, 5.41) is 15.5. The Hall–Kier alpha value is -1.88. The SMILES string of the molecule is O=C(NCC1CCCC(O)C1)c1ccc(C(=O)NC2CC2)cc1. The van der Waals surface area contributed by atoms with Crippen LogP contribution in [0.5, 0.6) is 0 Å². The van der Waals surface area contributed by atoms with Gasteiger partial charge in [-0.05, 0) is 62.3 Å². The molecule has 5 nitrogen and oxygen atoms in total. The lowest BCUT2D eigenvalue weighted by atomic mass is 9.87. The lowest BCUT2D eigenvalue weighted by Gasteiger charge is -2.25. The zero-order valence-corrected chi connectivity index (χ0v) is 13.3. The third kappa shape index (κ3) is 4.55. The molecule has 5 heteroatoms.